The summed E-state index contributed by atoms with van der Waals surface area (Å²) in [4.78, 5) is 13.3. The molecular weight excluding hydrogens is 274 g/mol. The number of carbonyl (C=O) groups excluding carboxylic acids is 1. The summed E-state index contributed by atoms with van der Waals surface area (Å²) in [7, 11) is 0. The lowest BCUT2D eigenvalue weighted by atomic mass is 10.2. The number of amides is 1. The highest BCUT2D eigenvalue weighted by Gasteiger charge is 2.24. The van der Waals surface area contributed by atoms with Crippen LogP contribution in [-0.2, 0) is 4.74 Å². The normalized spacial score (nSPS) is 14.0. The highest BCUT2D eigenvalue weighted by atomic mass is 79.9. The molecule has 5 heteroatoms. The van der Waals surface area contributed by atoms with Gasteiger partial charge in [-0.05, 0) is 25.1 Å². The summed E-state index contributed by atoms with van der Waals surface area (Å²) in [5, 5.41) is 0. The van der Waals surface area contributed by atoms with Gasteiger partial charge in [0.2, 0.25) is 0 Å². The van der Waals surface area contributed by atoms with Crippen molar-refractivity contribution in [1.82, 2.24) is 0 Å². The molecule has 0 saturated carbocycles. The van der Waals surface area contributed by atoms with Crippen LogP contribution in [-0.4, -0.2) is 25.9 Å². The van der Waals surface area contributed by atoms with E-state index in [4.69, 9.17) is 9.47 Å². The monoisotopic (exact) mass is 285 g/mol. The minimum absolute atomic E-state index is 0.329. The van der Waals surface area contributed by atoms with E-state index in [0.29, 0.717) is 25.5 Å². The van der Waals surface area contributed by atoms with Gasteiger partial charge in [-0.25, -0.2) is 4.79 Å². The average molecular weight is 286 g/mol. The van der Waals surface area contributed by atoms with E-state index < -0.39 is 0 Å². The van der Waals surface area contributed by atoms with Crippen LogP contribution in [0.5, 0.6) is 5.75 Å². The molecule has 0 bridgehead atoms. The van der Waals surface area contributed by atoms with Crippen LogP contribution in [0, 0.1) is 0 Å². The van der Waals surface area contributed by atoms with Gasteiger partial charge in [0.15, 0.2) is 0 Å². The van der Waals surface area contributed by atoms with Crippen LogP contribution in [0.25, 0.3) is 0 Å². The molecule has 16 heavy (non-hydrogen) atoms. The second-order valence-corrected chi connectivity index (χ2v) is 4.23. The fourth-order valence-electron chi connectivity index (χ4n) is 1.58. The number of rotatable bonds is 1. The Bertz CT molecular complexity index is 408. The Hall–Kier alpha value is -1.23. The maximum atomic E-state index is 11.7. The van der Waals surface area contributed by atoms with E-state index >= 15 is 0 Å². The number of fused-ring (bicyclic) bond motifs is 1. The number of ether oxygens (including phenoxy) is 2. The Morgan fingerprint density at radius 3 is 3.19 bits per heavy atom. The van der Waals surface area contributed by atoms with E-state index in [1.54, 1.807) is 11.8 Å². The van der Waals surface area contributed by atoms with Crippen LogP contribution in [0.2, 0.25) is 0 Å². The average Bonchev–Trinajstić information content (AvgIpc) is 2.28. The summed E-state index contributed by atoms with van der Waals surface area (Å²) in [6.07, 6.45) is -0.329. The van der Waals surface area contributed by atoms with Crippen LogP contribution in [0.1, 0.15) is 6.92 Å². The molecule has 86 valence electrons. The van der Waals surface area contributed by atoms with Crippen molar-refractivity contribution in [3.05, 3.63) is 22.7 Å². The standard InChI is InChI=1S/C11H12BrNO3/c1-2-15-11(14)13-5-6-16-10-4-3-8(12)7-9(10)13/h3-4,7H,2,5-6H2,1H3. The van der Waals surface area contributed by atoms with Crippen LogP contribution in [0.15, 0.2) is 22.7 Å². The molecule has 0 spiro atoms. The SMILES string of the molecule is CCOC(=O)N1CCOc2ccc(Br)cc21. The fourth-order valence-corrected chi connectivity index (χ4v) is 1.93. The third-order valence-electron chi connectivity index (χ3n) is 2.27. The van der Waals surface area contributed by atoms with Crippen molar-refractivity contribution in [2.24, 2.45) is 0 Å². The quantitative estimate of drug-likeness (QED) is 0.796. The maximum Gasteiger partial charge on any atom is 0.414 e. The molecule has 1 aromatic carbocycles. The van der Waals surface area contributed by atoms with Crippen molar-refractivity contribution in [1.29, 1.82) is 0 Å². The second kappa shape index (κ2) is 4.74. The van der Waals surface area contributed by atoms with Gasteiger partial charge in [0.25, 0.3) is 0 Å². The fraction of sp³-hybridized carbons (Fsp3) is 0.364. The third-order valence-corrected chi connectivity index (χ3v) is 2.77. The first kappa shape index (κ1) is 11.3. The molecule has 0 N–H and O–H groups in total. The highest BCUT2D eigenvalue weighted by Crippen LogP contribution is 2.34. The van der Waals surface area contributed by atoms with E-state index in [-0.39, 0.29) is 6.09 Å². The van der Waals surface area contributed by atoms with Crippen molar-refractivity contribution in [2.45, 2.75) is 6.92 Å². The lowest BCUT2D eigenvalue weighted by Gasteiger charge is -2.28. The maximum absolute atomic E-state index is 11.7. The number of hydrogen-bond donors (Lipinski definition) is 0. The molecule has 1 aliphatic heterocycles. The van der Waals surface area contributed by atoms with Crippen LogP contribution in [0.4, 0.5) is 10.5 Å². The second-order valence-electron chi connectivity index (χ2n) is 3.31. The topological polar surface area (TPSA) is 38.8 Å². The molecule has 1 aliphatic rings. The lowest BCUT2D eigenvalue weighted by Crippen LogP contribution is -2.38. The molecule has 0 fully saturated rings. The Morgan fingerprint density at radius 2 is 2.44 bits per heavy atom. The van der Waals surface area contributed by atoms with Gasteiger partial charge < -0.3 is 9.47 Å². The molecule has 4 nitrogen and oxygen atoms in total. The molecular formula is C11H12BrNO3. The number of halogens is 1. The summed E-state index contributed by atoms with van der Waals surface area (Å²) < 4.78 is 11.4. The van der Waals surface area contributed by atoms with Crippen molar-refractivity contribution in [2.75, 3.05) is 24.7 Å². The zero-order valence-electron chi connectivity index (χ0n) is 8.90. The highest BCUT2D eigenvalue weighted by molar-refractivity contribution is 9.10. The van der Waals surface area contributed by atoms with Crippen LogP contribution in [0.3, 0.4) is 0 Å². The van der Waals surface area contributed by atoms with Gasteiger partial charge in [-0.2, -0.15) is 0 Å². The Morgan fingerprint density at radius 1 is 1.62 bits per heavy atom. The zero-order valence-corrected chi connectivity index (χ0v) is 10.5. The number of carbonyl (C=O) groups is 1. The molecule has 1 aromatic rings. The minimum Gasteiger partial charge on any atom is -0.490 e. The molecule has 0 aromatic heterocycles. The number of nitrogens with zero attached hydrogens (tertiary/aromatic N) is 1. The summed E-state index contributed by atoms with van der Waals surface area (Å²) in [6, 6.07) is 5.57. The molecule has 2 rings (SSSR count). The van der Waals surface area contributed by atoms with Gasteiger partial charge in [0.1, 0.15) is 12.4 Å². The summed E-state index contributed by atoms with van der Waals surface area (Å²) >= 11 is 3.37. The first-order chi connectivity index (χ1) is 7.72. The van der Waals surface area contributed by atoms with E-state index in [0.717, 1.165) is 10.2 Å². The van der Waals surface area contributed by atoms with Gasteiger partial charge >= 0.3 is 6.09 Å². The molecule has 0 unspecified atom stereocenters. The van der Waals surface area contributed by atoms with E-state index in [1.165, 1.54) is 0 Å². The minimum atomic E-state index is -0.329. The van der Waals surface area contributed by atoms with Gasteiger partial charge in [-0.1, -0.05) is 15.9 Å². The number of anilines is 1. The lowest BCUT2D eigenvalue weighted by molar-refractivity contribution is 0.156. The Balaban J connectivity index is 2.31. The number of hydrogen-bond acceptors (Lipinski definition) is 3. The summed E-state index contributed by atoms with van der Waals surface area (Å²) in [6.45, 7) is 3.18. The third kappa shape index (κ3) is 2.14. The van der Waals surface area contributed by atoms with Crippen molar-refractivity contribution < 1.29 is 14.3 Å². The largest absolute Gasteiger partial charge is 0.490 e. The van der Waals surface area contributed by atoms with E-state index in [9.17, 15) is 4.79 Å². The number of benzene rings is 1. The van der Waals surface area contributed by atoms with E-state index in [2.05, 4.69) is 15.9 Å². The van der Waals surface area contributed by atoms with E-state index in [1.807, 2.05) is 18.2 Å². The summed E-state index contributed by atoms with van der Waals surface area (Å²) in [5.41, 5.74) is 0.749. The molecule has 0 saturated heterocycles. The van der Waals surface area contributed by atoms with Gasteiger partial charge in [-0.3, -0.25) is 4.90 Å². The van der Waals surface area contributed by atoms with Crippen molar-refractivity contribution in [3.63, 3.8) is 0 Å². The molecule has 0 radical (unpaired) electrons. The molecule has 1 amide bonds. The molecule has 1 heterocycles. The van der Waals surface area contributed by atoms with Gasteiger partial charge in [0.05, 0.1) is 18.8 Å². The van der Waals surface area contributed by atoms with Crippen LogP contribution < -0.4 is 9.64 Å². The predicted octanol–water partition coefficient (Wildman–Crippen LogP) is 2.80. The predicted molar refractivity (Wildman–Crippen MR) is 64.0 cm³/mol. The van der Waals surface area contributed by atoms with Gasteiger partial charge in [0, 0.05) is 4.47 Å². The van der Waals surface area contributed by atoms with Crippen LogP contribution >= 0.6 is 15.9 Å². The first-order valence-electron chi connectivity index (χ1n) is 5.09. The molecule has 0 aliphatic carbocycles. The van der Waals surface area contributed by atoms with Gasteiger partial charge in [-0.15, -0.1) is 0 Å². The van der Waals surface area contributed by atoms with Crippen molar-refractivity contribution in [3.8, 4) is 5.75 Å². The Labute approximate surface area is 102 Å². The van der Waals surface area contributed by atoms with Crippen molar-refractivity contribution >= 4 is 27.7 Å². The Kier molecular flexibility index (Phi) is 3.33. The molecule has 0 atom stereocenters. The first-order valence-corrected chi connectivity index (χ1v) is 5.88. The summed E-state index contributed by atoms with van der Waals surface area (Å²) in [5.74, 6) is 0.711. The zero-order chi connectivity index (χ0) is 11.5. The smallest absolute Gasteiger partial charge is 0.414 e.